The van der Waals surface area contributed by atoms with E-state index >= 15 is 0 Å². The van der Waals surface area contributed by atoms with Crippen LogP contribution in [0.5, 0.6) is 0 Å². The van der Waals surface area contributed by atoms with Crippen LogP contribution in [-0.2, 0) is 6.54 Å². The molecular weight excluding hydrogens is 434 g/mol. The van der Waals surface area contributed by atoms with Crippen LogP contribution in [0, 0.1) is 0 Å². The first-order valence-corrected chi connectivity index (χ1v) is 12.4. The predicted molar refractivity (Wildman–Crippen MR) is 142 cm³/mol. The van der Waals surface area contributed by atoms with Gasteiger partial charge >= 0.3 is 0 Å². The van der Waals surface area contributed by atoms with E-state index in [0.717, 1.165) is 37.3 Å². The summed E-state index contributed by atoms with van der Waals surface area (Å²) >= 11 is 0. The van der Waals surface area contributed by atoms with E-state index in [1.807, 2.05) is 17.0 Å². The number of fused-ring (bicyclic) bond motifs is 2. The highest BCUT2D eigenvalue weighted by Crippen LogP contribution is 2.42. The van der Waals surface area contributed by atoms with E-state index in [4.69, 9.17) is 5.73 Å². The molecule has 2 aliphatic rings. The first-order chi connectivity index (χ1) is 17.1. The number of para-hydroxylation sites is 1. The number of piperidine rings is 1. The zero-order valence-corrected chi connectivity index (χ0v) is 20.0. The third-order valence-electron chi connectivity index (χ3n) is 7.35. The molecule has 0 bridgehead atoms. The molecule has 178 valence electrons. The molecule has 0 spiro atoms. The second-order valence-corrected chi connectivity index (χ2v) is 9.74. The molecule has 6 nitrogen and oxygen atoms in total. The lowest BCUT2D eigenvalue weighted by Gasteiger charge is -2.30. The highest BCUT2D eigenvalue weighted by molar-refractivity contribution is 5.97. The second kappa shape index (κ2) is 8.78. The van der Waals surface area contributed by atoms with Crippen molar-refractivity contribution >= 4 is 28.2 Å². The third kappa shape index (κ3) is 3.94. The molecular formula is C29H31N5O. The highest BCUT2D eigenvalue weighted by atomic mass is 16.2. The molecule has 6 heteroatoms. The number of hydrogen-bond donors (Lipinski definition) is 2. The molecule has 3 N–H and O–H groups in total. The minimum atomic E-state index is -0.0325. The molecule has 0 aliphatic carbocycles. The van der Waals surface area contributed by atoms with E-state index in [1.165, 1.54) is 22.2 Å². The first kappa shape index (κ1) is 21.7. The zero-order chi connectivity index (χ0) is 23.9. The van der Waals surface area contributed by atoms with Crippen LogP contribution in [0.3, 0.4) is 0 Å². The first-order valence-electron chi connectivity index (χ1n) is 12.4. The van der Waals surface area contributed by atoms with Crippen LogP contribution in [-0.4, -0.2) is 41.6 Å². The maximum Gasteiger partial charge on any atom is 0.253 e. The van der Waals surface area contributed by atoms with E-state index < -0.39 is 0 Å². The standard InChI is InChI=1S/C29H31N5O/c1-32-26-14-13-22(29(35)33-15-7-11-23(30)19-33)16-24(26)31-28(32)27-17-21-10-5-6-12-25(21)34(27)18-20-8-3-2-4-9-20/h2-6,8-10,12-14,16-17,23,28,31H,7,11,15,18-19,30H2,1H3. The van der Waals surface area contributed by atoms with Gasteiger partial charge in [-0.25, -0.2) is 0 Å². The predicted octanol–water partition coefficient (Wildman–Crippen LogP) is 4.81. The molecule has 0 radical (unpaired) electrons. The number of amides is 1. The monoisotopic (exact) mass is 465 g/mol. The van der Waals surface area contributed by atoms with E-state index in [0.29, 0.717) is 12.1 Å². The Kier molecular flexibility index (Phi) is 5.46. The van der Waals surface area contributed by atoms with Crippen molar-refractivity contribution in [3.8, 4) is 0 Å². The number of nitrogens with one attached hydrogen (secondary N) is 1. The molecule has 2 atom stereocenters. The molecule has 6 rings (SSSR count). The third-order valence-corrected chi connectivity index (χ3v) is 7.35. The number of likely N-dealkylation sites (tertiary alicyclic amines) is 1. The van der Waals surface area contributed by atoms with Gasteiger partial charge in [0.1, 0.15) is 6.17 Å². The van der Waals surface area contributed by atoms with Gasteiger partial charge in [-0.3, -0.25) is 4.79 Å². The quantitative estimate of drug-likeness (QED) is 0.454. The maximum atomic E-state index is 13.2. The van der Waals surface area contributed by atoms with Gasteiger partial charge < -0.3 is 25.4 Å². The Morgan fingerprint density at radius 2 is 1.83 bits per heavy atom. The number of nitrogens with two attached hydrogens (primary N) is 1. The molecule has 0 saturated carbocycles. The number of anilines is 2. The summed E-state index contributed by atoms with van der Waals surface area (Å²) in [6, 6.07) is 27.5. The van der Waals surface area contributed by atoms with E-state index in [1.54, 1.807) is 0 Å². The Morgan fingerprint density at radius 1 is 1.03 bits per heavy atom. The molecule has 4 aromatic rings. The number of hydrogen-bond acceptors (Lipinski definition) is 4. The number of aromatic nitrogens is 1. The molecule has 2 unspecified atom stereocenters. The SMILES string of the molecule is CN1c2ccc(C(=O)N3CCCC(N)C3)cc2NC1c1cc2ccccc2n1Cc1ccccc1. The number of carbonyl (C=O) groups is 1. The van der Waals surface area contributed by atoms with Crippen molar-refractivity contribution in [2.75, 3.05) is 30.4 Å². The lowest BCUT2D eigenvalue weighted by molar-refractivity contribution is 0.0709. The van der Waals surface area contributed by atoms with E-state index in [9.17, 15) is 4.79 Å². The van der Waals surface area contributed by atoms with Crippen molar-refractivity contribution in [1.29, 1.82) is 0 Å². The van der Waals surface area contributed by atoms with Gasteiger partial charge in [-0.2, -0.15) is 0 Å². The van der Waals surface area contributed by atoms with Crippen LogP contribution in [0.15, 0.2) is 78.9 Å². The van der Waals surface area contributed by atoms with Crippen molar-refractivity contribution < 1.29 is 4.79 Å². The van der Waals surface area contributed by atoms with Gasteiger partial charge in [0.15, 0.2) is 0 Å². The highest BCUT2D eigenvalue weighted by Gasteiger charge is 2.31. The van der Waals surface area contributed by atoms with Gasteiger partial charge in [0.25, 0.3) is 5.91 Å². The summed E-state index contributed by atoms with van der Waals surface area (Å²) in [5.41, 5.74) is 12.6. The summed E-state index contributed by atoms with van der Waals surface area (Å²) in [6.45, 7) is 2.20. The molecule has 1 fully saturated rings. The summed E-state index contributed by atoms with van der Waals surface area (Å²) in [5, 5.41) is 4.93. The normalized spacial score (nSPS) is 19.6. The minimum Gasteiger partial charge on any atom is -0.359 e. The Bertz CT molecular complexity index is 1380. The van der Waals surface area contributed by atoms with Crippen LogP contribution in [0.25, 0.3) is 10.9 Å². The topological polar surface area (TPSA) is 66.5 Å². The van der Waals surface area contributed by atoms with Crippen molar-refractivity contribution in [3.05, 3.63) is 95.7 Å². The Labute approximate surface area is 205 Å². The van der Waals surface area contributed by atoms with Crippen molar-refractivity contribution in [3.63, 3.8) is 0 Å². The molecule has 1 amide bonds. The van der Waals surface area contributed by atoms with Crippen LogP contribution < -0.4 is 16.0 Å². The van der Waals surface area contributed by atoms with Crippen LogP contribution in [0.1, 0.15) is 40.6 Å². The summed E-state index contributed by atoms with van der Waals surface area (Å²) in [7, 11) is 2.11. The Balaban J connectivity index is 1.33. The maximum absolute atomic E-state index is 13.2. The molecule has 3 aromatic carbocycles. The molecule has 3 heterocycles. The van der Waals surface area contributed by atoms with E-state index in [2.05, 4.69) is 88.6 Å². The largest absolute Gasteiger partial charge is 0.359 e. The van der Waals surface area contributed by atoms with Gasteiger partial charge in [-0.05, 0) is 48.7 Å². The Hall–Kier alpha value is -3.77. The average molecular weight is 466 g/mol. The van der Waals surface area contributed by atoms with Gasteiger partial charge in [0, 0.05) is 49.2 Å². The van der Waals surface area contributed by atoms with Crippen LogP contribution in [0.2, 0.25) is 0 Å². The van der Waals surface area contributed by atoms with Crippen LogP contribution in [0.4, 0.5) is 11.4 Å². The van der Waals surface area contributed by atoms with Crippen molar-refractivity contribution in [1.82, 2.24) is 9.47 Å². The minimum absolute atomic E-state index is 0.0325. The number of carbonyl (C=O) groups excluding carboxylic acids is 1. The van der Waals surface area contributed by atoms with E-state index in [-0.39, 0.29) is 18.1 Å². The smallest absolute Gasteiger partial charge is 0.253 e. The van der Waals surface area contributed by atoms with Crippen LogP contribution >= 0.6 is 0 Å². The van der Waals surface area contributed by atoms with Crippen molar-refractivity contribution in [2.45, 2.75) is 31.6 Å². The second-order valence-electron chi connectivity index (χ2n) is 9.74. The average Bonchev–Trinajstić information content (AvgIpc) is 3.41. The zero-order valence-electron chi connectivity index (χ0n) is 20.0. The van der Waals surface area contributed by atoms with Crippen molar-refractivity contribution in [2.24, 2.45) is 5.73 Å². The fourth-order valence-electron chi connectivity index (χ4n) is 5.53. The fourth-order valence-corrected chi connectivity index (χ4v) is 5.53. The summed E-state index contributed by atoms with van der Waals surface area (Å²) < 4.78 is 2.39. The lowest BCUT2D eigenvalue weighted by atomic mass is 10.0. The summed E-state index contributed by atoms with van der Waals surface area (Å²) in [4.78, 5) is 17.3. The molecule has 1 aromatic heterocycles. The molecule has 35 heavy (non-hydrogen) atoms. The number of rotatable bonds is 4. The van der Waals surface area contributed by atoms with Gasteiger partial charge in [-0.1, -0.05) is 48.5 Å². The number of benzene rings is 3. The lowest BCUT2D eigenvalue weighted by Crippen LogP contribution is -2.45. The van der Waals surface area contributed by atoms with Gasteiger partial charge in [-0.15, -0.1) is 0 Å². The summed E-state index contributed by atoms with van der Waals surface area (Å²) in [5.74, 6) is 0.0639. The van der Waals surface area contributed by atoms with Gasteiger partial charge in [0.2, 0.25) is 0 Å². The fraction of sp³-hybridized carbons (Fsp3) is 0.276. The summed E-state index contributed by atoms with van der Waals surface area (Å²) in [6.07, 6.45) is 1.92. The number of nitrogens with zero attached hydrogens (tertiary/aromatic N) is 3. The van der Waals surface area contributed by atoms with Gasteiger partial charge in [0.05, 0.1) is 17.1 Å². The molecule has 2 aliphatic heterocycles. The Morgan fingerprint density at radius 3 is 2.66 bits per heavy atom. The molecule has 1 saturated heterocycles.